The summed E-state index contributed by atoms with van der Waals surface area (Å²) in [4.78, 5) is -0.395. The molecule has 1 N–H and O–H groups in total. The van der Waals surface area contributed by atoms with Crippen LogP contribution in [0.15, 0.2) is 23.1 Å². The number of rotatable bonds is 4. The number of nitrogens with one attached hydrogen (secondary N) is 1. The molecule has 0 atom stereocenters. The summed E-state index contributed by atoms with van der Waals surface area (Å²) in [5.41, 5.74) is -1.15. The van der Waals surface area contributed by atoms with Crippen LogP contribution in [0.25, 0.3) is 0 Å². The second-order valence-electron chi connectivity index (χ2n) is 4.66. The fourth-order valence-corrected chi connectivity index (χ4v) is 4.00. The van der Waals surface area contributed by atoms with Crippen molar-refractivity contribution in [2.75, 3.05) is 19.6 Å². The molecule has 0 radical (unpaired) electrons. The van der Waals surface area contributed by atoms with E-state index < -0.39 is 31.7 Å². The van der Waals surface area contributed by atoms with Gasteiger partial charge in [-0.2, -0.15) is 17.5 Å². The van der Waals surface area contributed by atoms with Crippen LogP contribution in [0.5, 0.6) is 0 Å². The van der Waals surface area contributed by atoms with Gasteiger partial charge < -0.3 is 5.32 Å². The third-order valence-electron chi connectivity index (χ3n) is 3.33. The van der Waals surface area contributed by atoms with E-state index in [0.29, 0.717) is 19.2 Å². The van der Waals surface area contributed by atoms with Crippen molar-refractivity contribution in [3.05, 3.63) is 28.8 Å². The number of hydrogen-bond donors (Lipinski definition) is 1. The Morgan fingerprint density at radius 3 is 2.43 bits per heavy atom. The van der Waals surface area contributed by atoms with Crippen molar-refractivity contribution in [3.8, 4) is 0 Å². The molecule has 21 heavy (non-hydrogen) atoms. The number of alkyl halides is 3. The summed E-state index contributed by atoms with van der Waals surface area (Å²) < 4.78 is 64.7. The number of hydrogen-bond acceptors (Lipinski definition) is 3. The Hall–Kier alpha value is -0.830. The van der Waals surface area contributed by atoms with Crippen LogP contribution in [0.1, 0.15) is 12.5 Å². The Bertz CT molecular complexity index is 630. The number of sulfonamides is 1. The van der Waals surface area contributed by atoms with Gasteiger partial charge in [-0.3, -0.25) is 0 Å². The summed E-state index contributed by atoms with van der Waals surface area (Å²) in [6, 6.07) is 2.42. The van der Waals surface area contributed by atoms with Crippen LogP contribution in [0.2, 0.25) is 5.02 Å². The third kappa shape index (κ3) is 3.18. The lowest BCUT2D eigenvalue weighted by Gasteiger charge is -2.36. The van der Waals surface area contributed by atoms with E-state index in [2.05, 4.69) is 5.32 Å². The largest absolute Gasteiger partial charge is 0.417 e. The normalized spacial score (nSPS) is 17.0. The van der Waals surface area contributed by atoms with E-state index in [1.54, 1.807) is 6.92 Å². The van der Waals surface area contributed by atoms with Gasteiger partial charge in [-0.05, 0) is 18.2 Å². The average molecular weight is 343 g/mol. The van der Waals surface area contributed by atoms with Gasteiger partial charge in [-0.1, -0.05) is 18.5 Å². The second-order valence-corrected chi connectivity index (χ2v) is 6.96. The van der Waals surface area contributed by atoms with Crippen LogP contribution in [0, 0.1) is 0 Å². The monoisotopic (exact) mass is 342 g/mol. The van der Waals surface area contributed by atoms with Gasteiger partial charge in [0.05, 0.1) is 15.5 Å². The zero-order valence-corrected chi connectivity index (χ0v) is 12.7. The Kier molecular flexibility index (Phi) is 4.53. The molecule has 0 unspecified atom stereocenters. The molecule has 1 aliphatic rings. The summed E-state index contributed by atoms with van der Waals surface area (Å²) in [5.74, 6) is 0. The van der Waals surface area contributed by atoms with Crippen molar-refractivity contribution in [2.24, 2.45) is 0 Å². The molecular weight excluding hydrogens is 329 g/mol. The molecule has 9 heteroatoms. The van der Waals surface area contributed by atoms with E-state index in [0.717, 1.165) is 12.1 Å². The van der Waals surface area contributed by atoms with Gasteiger partial charge in [-0.15, -0.1) is 0 Å². The predicted octanol–water partition coefficient (Wildman–Crippen LogP) is 2.34. The van der Waals surface area contributed by atoms with Crippen LogP contribution < -0.4 is 5.32 Å². The van der Waals surface area contributed by atoms with E-state index in [9.17, 15) is 21.6 Å². The molecule has 0 aliphatic carbocycles. The fourth-order valence-electron chi connectivity index (χ4n) is 2.12. The first-order valence-corrected chi connectivity index (χ1v) is 8.09. The lowest BCUT2D eigenvalue weighted by molar-refractivity contribution is -0.137. The number of likely N-dealkylation sites (N-methyl/N-ethyl adjacent to an activating group) is 1. The SMILES string of the molecule is CCN(C1CNC1)S(=O)(=O)c1ccc(Cl)c(C(F)(F)F)c1. The Morgan fingerprint density at radius 2 is 2.00 bits per heavy atom. The Morgan fingerprint density at radius 1 is 1.38 bits per heavy atom. The quantitative estimate of drug-likeness (QED) is 0.913. The molecule has 0 saturated carbocycles. The van der Waals surface area contributed by atoms with Gasteiger partial charge in [0, 0.05) is 25.7 Å². The van der Waals surface area contributed by atoms with E-state index in [1.165, 1.54) is 4.31 Å². The van der Waals surface area contributed by atoms with Crippen LogP contribution in [0.4, 0.5) is 13.2 Å². The molecule has 2 rings (SSSR count). The predicted molar refractivity (Wildman–Crippen MR) is 72.7 cm³/mol. The Labute approximate surface area is 125 Å². The molecule has 0 spiro atoms. The summed E-state index contributed by atoms with van der Waals surface area (Å²) in [7, 11) is -3.98. The van der Waals surface area contributed by atoms with Gasteiger partial charge in [0.1, 0.15) is 0 Å². The van der Waals surface area contributed by atoms with Crippen molar-refractivity contribution >= 4 is 21.6 Å². The van der Waals surface area contributed by atoms with Crippen molar-refractivity contribution < 1.29 is 21.6 Å². The highest BCUT2D eigenvalue weighted by Gasteiger charge is 2.37. The maximum atomic E-state index is 12.8. The van der Waals surface area contributed by atoms with Gasteiger partial charge in [-0.25, -0.2) is 8.42 Å². The molecular formula is C12H14ClF3N2O2S. The first-order chi connectivity index (χ1) is 9.67. The highest BCUT2D eigenvalue weighted by molar-refractivity contribution is 7.89. The minimum Gasteiger partial charge on any atom is -0.313 e. The first kappa shape index (κ1) is 16.5. The van der Waals surface area contributed by atoms with E-state index in [1.807, 2.05) is 0 Å². The van der Waals surface area contributed by atoms with Gasteiger partial charge in [0.15, 0.2) is 0 Å². The van der Waals surface area contributed by atoms with Crippen LogP contribution in [-0.2, 0) is 16.2 Å². The molecule has 1 fully saturated rings. The summed E-state index contributed by atoms with van der Waals surface area (Å²) in [5, 5.41) is 2.42. The van der Waals surface area contributed by atoms with E-state index >= 15 is 0 Å². The number of nitrogens with zero attached hydrogens (tertiary/aromatic N) is 1. The maximum absolute atomic E-state index is 12.8. The van der Waals surface area contributed by atoms with E-state index in [-0.39, 0.29) is 12.6 Å². The van der Waals surface area contributed by atoms with Gasteiger partial charge in [0.2, 0.25) is 10.0 Å². The molecule has 1 saturated heterocycles. The van der Waals surface area contributed by atoms with Gasteiger partial charge >= 0.3 is 6.18 Å². The molecule has 0 bridgehead atoms. The minimum atomic E-state index is -4.70. The molecule has 1 aliphatic heterocycles. The molecule has 118 valence electrons. The minimum absolute atomic E-state index is 0.193. The standard InChI is InChI=1S/C12H14ClF3N2O2S/c1-2-18(8-6-17-7-8)21(19,20)9-3-4-11(13)10(5-9)12(14,15)16/h3-5,8,17H,2,6-7H2,1H3. The lowest BCUT2D eigenvalue weighted by atomic mass is 10.2. The molecule has 1 heterocycles. The maximum Gasteiger partial charge on any atom is 0.417 e. The van der Waals surface area contributed by atoms with Crippen LogP contribution >= 0.6 is 11.6 Å². The molecule has 1 aromatic carbocycles. The van der Waals surface area contributed by atoms with Crippen molar-refractivity contribution in [1.29, 1.82) is 0 Å². The van der Waals surface area contributed by atoms with Gasteiger partial charge in [0.25, 0.3) is 0 Å². The lowest BCUT2D eigenvalue weighted by Crippen LogP contribution is -2.58. The summed E-state index contributed by atoms with van der Waals surface area (Å²) >= 11 is 5.51. The zero-order valence-electron chi connectivity index (χ0n) is 11.1. The average Bonchev–Trinajstić information content (AvgIpc) is 2.31. The number of benzene rings is 1. The molecule has 1 aromatic rings. The van der Waals surface area contributed by atoms with Crippen LogP contribution in [-0.4, -0.2) is 38.4 Å². The van der Waals surface area contributed by atoms with Crippen molar-refractivity contribution in [2.45, 2.75) is 24.0 Å². The van der Waals surface area contributed by atoms with Crippen molar-refractivity contribution in [3.63, 3.8) is 0 Å². The molecule has 0 aromatic heterocycles. The van der Waals surface area contributed by atoms with E-state index in [4.69, 9.17) is 11.6 Å². The smallest absolute Gasteiger partial charge is 0.313 e. The topological polar surface area (TPSA) is 49.4 Å². The summed E-state index contributed by atoms with van der Waals surface area (Å²) in [6.45, 7) is 2.83. The third-order valence-corrected chi connectivity index (χ3v) is 5.68. The molecule has 4 nitrogen and oxygen atoms in total. The first-order valence-electron chi connectivity index (χ1n) is 6.27. The number of halogens is 4. The molecule has 0 amide bonds. The highest BCUT2D eigenvalue weighted by Crippen LogP contribution is 2.36. The second kappa shape index (κ2) is 5.75. The highest BCUT2D eigenvalue weighted by atomic mass is 35.5. The zero-order chi connectivity index (χ0) is 15.8. The summed E-state index contributed by atoms with van der Waals surface area (Å²) in [6.07, 6.45) is -4.70. The fraction of sp³-hybridized carbons (Fsp3) is 0.500. The van der Waals surface area contributed by atoms with Crippen molar-refractivity contribution in [1.82, 2.24) is 9.62 Å². The Balaban J connectivity index is 2.45. The van der Waals surface area contributed by atoms with Crippen LogP contribution in [0.3, 0.4) is 0 Å².